The molecule has 156 valence electrons. The molecule has 4 nitrogen and oxygen atoms in total. The molecule has 2 heterocycles. The van der Waals surface area contributed by atoms with Crippen LogP contribution in [0.3, 0.4) is 0 Å². The van der Waals surface area contributed by atoms with Gasteiger partial charge in [-0.3, -0.25) is 9.78 Å². The van der Waals surface area contributed by atoms with Crippen molar-refractivity contribution in [1.29, 1.82) is 0 Å². The molecule has 29 heavy (non-hydrogen) atoms. The molecule has 0 saturated carbocycles. The number of carbonyl (C=O) groups excluding carboxylic acids is 1. The SMILES string of the molecule is O=C(NCc1ccccn1)[C@]1(C(F)(F)F)C[C@H](CCc2ccccc2)CCCO1. The second-order valence-corrected chi connectivity index (χ2v) is 7.41. The molecule has 1 fully saturated rings. The van der Waals surface area contributed by atoms with Gasteiger partial charge < -0.3 is 10.1 Å². The standard InChI is InChI=1S/C22H25F3N2O2/c23-22(24,25)21(20(28)27-16-19-10-4-5-13-26-19)15-18(9-6-14-29-21)12-11-17-7-2-1-3-8-17/h1-5,7-8,10,13,18H,6,9,11-12,14-16H2,(H,27,28)/t18-,21-/m0/s1. The molecule has 1 aromatic heterocycles. The predicted molar refractivity (Wildman–Crippen MR) is 103 cm³/mol. The number of nitrogens with one attached hydrogen (secondary N) is 1. The molecule has 1 aliphatic heterocycles. The maximum Gasteiger partial charge on any atom is 0.426 e. The van der Waals surface area contributed by atoms with Crippen LogP contribution >= 0.6 is 0 Å². The van der Waals surface area contributed by atoms with Crippen LogP contribution in [0.25, 0.3) is 0 Å². The third-order valence-electron chi connectivity index (χ3n) is 5.35. The van der Waals surface area contributed by atoms with Crippen molar-refractivity contribution < 1.29 is 22.7 Å². The third kappa shape index (κ3) is 5.35. The van der Waals surface area contributed by atoms with Gasteiger partial charge in [0, 0.05) is 12.8 Å². The van der Waals surface area contributed by atoms with Crippen LogP contribution in [0.1, 0.15) is 36.9 Å². The number of benzene rings is 1. The second kappa shape index (κ2) is 9.39. The lowest BCUT2D eigenvalue weighted by molar-refractivity contribution is -0.269. The monoisotopic (exact) mass is 406 g/mol. The largest absolute Gasteiger partial charge is 0.426 e. The summed E-state index contributed by atoms with van der Waals surface area (Å²) >= 11 is 0. The number of hydrogen-bond acceptors (Lipinski definition) is 3. The molecule has 0 unspecified atom stereocenters. The van der Waals surface area contributed by atoms with E-state index in [4.69, 9.17) is 4.74 Å². The van der Waals surface area contributed by atoms with Crippen molar-refractivity contribution in [2.75, 3.05) is 6.61 Å². The minimum absolute atomic E-state index is 0.0739. The summed E-state index contributed by atoms with van der Waals surface area (Å²) < 4.78 is 47.5. The van der Waals surface area contributed by atoms with Gasteiger partial charge in [-0.05, 0) is 55.7 Å². The molecule has 0 bridgehead atoms. The van der Waals surface area contributed by atoms with Gasteiger partial charge in [-0.25, -0.2) is 0 Å². The van der Waals surface area contributed by atoms with E-state index in [9.17, 15) is 18.0 Å². The smallest absolute Gasteiger partial charge is 0.357 e. The zero-order valence-electron chi connectivity index (χ0n) is 16.1. The minimum atomic E-state index is -4.80. The molecule has 1 N–H and O–H groups in total. The summed E-state index contributed by atoms with van der Waals surface area (Å²) in [5, 5.41) is 2.39. The van der Waals surface area contributed by atoms with E-state index in [1.165, 1.54) is 6.20 Å². The molecule has 1 amide bonds. The molecule has 7 heteroatoms. The van der Waals surface area contributed by atoms with E-state index in [1.54, 1.807) is 18.2 Å². The number of aromatic nitrogens is 1. The van der Waals surface area contributed by atoms with Crippen molar-refractivity contribution in [3.05, 3.63) is 66.0 Å². The first-order chi connectivity index (χ1) is 13.9. The van der Waals surface area contributed by atoms with Crippen LogP contribution in [-0.4, -0.2) is 29.3 Å². The summed E-state index contributed by atoms with van der Waals surface area (Å²) in [4.78, 5) is 16.8. The van der Waals surface area contributed by atoms with Crippen LogP contribution in [-0.2, 0) is 22.5 Å². The molecular formula is C22H25F3N2O2. The Balaban J connectivity index is 1.72. The molecule has 1 aromatic carbocycles. The Morgan fingerprint density at radius 1 is 1.17 bits per heavy atom. The highest BCUT2D eigenvalue weighted by Gasteiger charge is 2.62. The fraction of sp³-hybridized carbons (Fsp3) is 0.455. The molecule has 0 radical (unpaired) electrons. The Morgan fingerprint density at radius 3 is 2.62 bits per heavy atom. The molecule has 2 atom stereocenters. The van der Waals surface area contributed by atoms with E-state index >= 15 is 0 Å². The topological polar surface area (TPSA) is 51.2 Å². The van der Waals surface area contributed by atoms with Crippen LogP contribution < -0.4 is 5.32 Å². The molecule has 1 aliphatic rings. The maximum atomic E-state index is 14.1. The van der Waals surface area contributed by atoms with Crippen LogP contribution in [0, 0.1) is 5.92 Å². The van der Waals surface area contributed by atoms with Crippen molar-refractivity contribution in [3.63, 3.8) is 0 Å². The zero-order chi connectivity index (χ0) is 20.7. The van der Waals surface area contributed by atoms with Crippen molar-refractivity contribution in [1.82, 2.24) is 10.3 Å². The van der Waals surface area contributed by atoms with Gasteiger partial charge in [-0.1, -0.05) is 36.4 Å². The number of hydrogen-bond donors (Lipinski definition) is 1. The first-order valence-electron chi connectivity index (χ1n) is 9.83. The Labute approximate surface area is 168 Å². The van der Waals surface area contributed by atoms with Crippen LogP contribution in [0.15, 0.2) is 54.7 Å². The van der Waals surface area contributed by atoms with E-state index in [1.807, 2.05) is 30.3 Å². The first-order valence-corrected chi connectivity index (χ1v) is 9.83. The fourth-order valence-corrected chi connectivity index (χ4v) is 3.75. The van der Waals surface area contributed by atoms with Crippen molar-refractivity contribution in [2.45, 2.75) is 50.4 Å². The number of halogens is 3. The molecule has 0 spiro atoms. The summed E-state index contributed by atoms with van der Waals surface area (Å²) in [6, 6.07) is 14.7. The number of alkyl halides is 3. The van der Waals surface area contributed by atoms with Crippen molar-refractivity contribution in [2.24, 2.45) is 5.92 Å². The van der Waals surface area contributed by atoms with Gasteiger partial charge in [0.2, 0.25) is 5.60 Å². The first kappa shape index (κ1) is 21.3. The summed E-state index contributed by atoms with van der Waals surface area (Å²) in [5.41, 5.74) is -1.25. The molecule has 2 aromatic rings. The number of rotatable bonds is 6. The van der Waals surface area contributed by atoms with E-state index in [2.05, 4.69) is 10.3 Å². The number of nitrogens with zero attached hydrogens (tertiary/aromatic N) is 1. The van der Waals surface area contributed by atoms with Crippen molar-refractivity contribution in [3.8, 4) is 0 Å². The normalized spacial score (nSPS) is 22.7. The minimum Gasteiger partial charge on any atom is -0.357 e. The second-order valence-electron chi connectivity index (χ2n) is 7.41. The number of amides is 1. The molecular weight excluding hydrogens is 381 g/mol. The fourth-order valence-electron chi connectivity index (χ4n) is 3.75. The average Bonchev–Trinajstić information content (AvgIpc) is 2.95. The van der Waals surface area contributed by atoms with E-state index < -0.39 is 17.7 Å². The van der Waals surface area contributed by atoms with Gasteiger partial charge in [-0.2, -0.15) is 13.2 Å². The summed E-state index contributed by atoms with van der Waals surface area (Å²) in [6.45, 7) is -0.159. The van der Waals surface area contributed by atoms with Crippen molar-refractivity contribution >= 4 is 5.91 Å². The number of pyridine rings is 1. The third-order valence-corrected chi connectivity index (χ3v) is 5.35. The number of ether oxygens (including phenoxy) is 1. The zero-order valence-corrected chi connectivity index (χ0v) is 16.1. The lowest BCUT2D eigenvalue weighted by Gasteiger charge is -2.35. The molecule has 3 rings (SSSR count). The number of carbonyl (C=O) groups is 1. The Hall–Kier alpha value is -2.41. The van der Waals surface area contributed by atoms with Gasteiger partial charge >= 0.3 is 6.18 Å². The average molecular weight is 406 g/mol. The lowest BCUT2D eigenvalue weighted by Crippen LogP contribution is -2.59. The van der Waals surface area contributed by atoms with Gasteiger partial charge in [-0.15, -0.1) is 0 Å². The van der Waals surface area contributed by atoms with Gasteiger partial charge in [0.25, 0.3) is 5.91 Å². The molecule has 1 saturated heterocycles. The highest BCUT2D eigenvalue weighted by Crippen LogP contribution is 2.43. The summed E-state index contributed by atoms with van der Waals surface area (Å²) in [7, 11) is 0. The van der Waals surface area contributed by atoms with E-state index in [0.29, 0.717) is 31.4 Å². The quantitative estimate of drug-likeness (QED) is 0.771. The van der Waals surface area contributed by atoms with E-state index in [0.717, 1.165) is 5.56 Å². The Bertz CT molecular complexity index is 784. The lowest BCUT2D eigenvalue weighted by atomic mass is 9.84. The summed E-state index contributed by atoms with van der Waals surface area (Å²) in [6.07, 6.45) is -1.26. The van der Waals surface area contributed by atoms with Crippen LogP contribution in [0.4, 0.5) is 13.2 Å². The summed E-state index contributed by atoms with van der Waals surface area (Å²) in [5.74, 6) is -1.39. The van der Waals surface area contributed by atoms with Gasteiger partial charge in [0.1, 0.15) is 0 Å². The predicted octanol–water partition coefficient (Wildman–Crippen LogP) is 4.45. The highest BCUT2D eigenvalue weighted by atomic mass is 19.4. The van der Waals surface area contributed by atoms with Gasteiger partial charge in [0.05, 0.1) is 12.2 Å². The molecule has 0 aliphatic carbocycles. The van der Waals surface area contributed by atoms with E-state index in [-0.39, 0.29) is 25.5 Å². The maximum absolute atomic E-state index is 14.1. The Kier molecular flexibility index (Phi) is 6.90. The number of aryl methyl sites for hydroxylation is 1. The van der Waals surface area contributed by atoms with Crippen LogP contribution in [0.2, 0.25) is 0 Å². The highest BCUT2D eigenvalue weighted by molar-refractivity contribution is 5.86. The van der Waals surface area contributed by atoms with Gasteiger partial charge in [0.15, 0.2) is 0 Å². The Morgan fingerprint density at radius 2 is 1.93 bits per heavy atom. The van der Waals surface area contributed by atoms with Crippen LogP contribution in [0.5, 0.6) is 0 Å².